The van der Waals surface area contributed by atoms with Crippen LogP contribution in [0.3, 0.4) is 0 Å². The van der Waals surface area contributed by atoms with Crippen molar-refractivity contribution in [3.05, 3.63) is 176 Å². The minimum atomic E-state index is 0.727. The standard InChI is InChI=1S/C47H29N3S/c1-2-9-30(10-3-1)31-17-21-33(22-18-31)44-46-45(41-15-6-7-16-43(41)51-46)50-47(49-44)34-23-19-32(20-24-34)35-12-8-13-36(27-35)37-25-26-40-39-14-5-4-11-38(39)29-48-42(40)28-37/h1-29H. The highest BCUT2D eigenvalue weighted by Crippen LogP contribution is 2.40. The predicted molar refractivity (Wildman–Crippen MR) is 215 cm³/mol. The van der Waals surface area contributed by atoms with E-state index in [2.05, 4.69) is 164 Å². The normalized spacial score (nSPS) is 11.5. The maximum atomic E-state index is 5.23. The molecular formula is C47H29N3S. The molecule has 0 aliphatic carbocycles. The van der Waals surface area contributed by atoms with Gasteiger partial charge in [0.05, 0.1) is 21.4 Å². The van der Waals surface area contributed by atoms with Gasteiger partial charge in [-0.3, -0.25) is 4.98 Å². The molecule has 0 spiro atoms. The van der Waals surface area contributed by atoms with E-state index in [1.165, 1.54) is 26.6 Å². The van der Waals surface area contributed by atoms with E-state index in [0.29, 0.717) is 0 Å². The minimum Gasteiger partial charge on any atom is -0.256 e. The molecule has 0 radical (unpaired) electrons. The van der Waals surface area contributed by atoms with Crippen LogP contribution in [0.15, 0.2) is 176 Å². The summed E-state index contributed by atoms with van der Waals surface area (Å²) in [5, 5.41) is 4.72. The zero-order valence-corrected chi connectivity index (χ0v) is 28.3. The van der Waals surface area contributed by atoms with Gasteiger partial charge in [-0.1, -0.05) is 152 Å². The average molecular weight is 668 g/mol. The maximum absolute atomic E-state index is 5.23. The lowest BCUT2D eigenvalue weighted by Gasteiger charge is -2.10. The maximum Gasteiger partial charge on any atom is 0.160 e. The van der Waals surface area contributed by atoms with E-state index in [4.69, 9.17) is 15.0 Å². The van der Waals surface area contributed by atoms with Crippen molar-refractivity contribution in [3.63, 3.8) is 0 Å². The van der Waals surface area contributed by atoms with Gasteiger partial charge in [0.2, 0.25) is 0 Å². The van der Waals surface area contributed by atoms with E-state index in [0.717, 1.165) is 71.4 Å². The highest BCUT2D eigenvalue weighted by Gasteiger charge is 2.17. The van der Waals surface area contributed by atoms with E-state index in [9.17, 15) is 0 Å². The summed E-state index contributed by atoms with van der Waals surface area (Å²) in [6, 6.07) is 60.1. The van der Waals surface area contributed by atoms with E-state index < -0.39 is 0 Å². The topological polar surface area (TPSA) is 38.7 Å². The Morgan fingerprint density at radius 3 is 1.80 bits per heavy atom. The molecule has 3 aromatic heterocycles. The largest absolute Gasteiger partial charge is 0.256 e. The molecule has 0 unspecified atom stereocenters. The molecule has 0 saturated heterocycles. The summed E-state index contributed by atoms with van der Waals surface area (Å²) in [5.41, 5.74) is 12.0. The van der Waals surface area contributed by atoms with E-state index in [1.807, 2.05) is 12.3 Å². The summed E-state index contributed by atoms with van der Waals surface area (Å²) < 4.78 is 2.32. The molecule has 0 bridgehead atoms. The number of pyridine rings is 1. The van der Waals surface area contributed by atoms with Crippen LogP contribution in [0.25, 0.3) is 98.0 Å². The molecule has 0 amide bonds. The highest BCUT2D eigenvalue weighted by atomic mass is 32.1. The summed E-state index contributed by atoms with van der Waals surface area (Å²) in [6.45, 7) is 0. The van der Waals surface area contributed by atoms with Gasteiger partial charge in [-0.15, -0.1) is 11.3 Å². The smallest absolute Gasteiger partial charge is 0.160 e. The fourth-order valence-corrected chi connectivity index (χ4v) is 8.25. The van der Waals surface area contributed by atoms with E-state index in [-0.39, 0.29) is 0 Å². The number of nitrogens with zero attached hydrogens (tertiary/aromatic N) is 3. The molecule has 0 fully saturated rings. The van der Waals surface area contributed by atoms with Crippen molar-refractivity contribution < 1.29 is 0 Å². The molecule has 4 heteroatoms. The molecule has 0 aliphatic rings. The molecule has 10 rings (SSSR count). The first-order valence-corrected chi connectivity index (χ1v) is 17.9. The first-order valence-electron chi connectivity index (χ1n) is 17.1. The van der Waals surface area contributed by atoms with Gasteiger partial charge in [0, 0.05) is 38.2 Å². The average Bonchev–Trinajstić information content (AvgIpc) is 3.59. The van der Waals surface area contributed by atoms with Crippen LogP contribution in [0.1, 0.15) is 0 Å². The lowest BCUT2D eigenvalue weighted by molar-refractivity contribution is 1.24. The molecule has 238 valence electrons. The summed E-state index contributed by atoms with van der Waals surface area (Å²) in [5.74, 6) is 0.727. The number of fused-ring (bicyclic) bond motifs is 6. The van der Waals surface area contributed by atoms with Crippen LogP contribution in [0, 0.1) is 0 Å². The second kappa shape index (κ2) is 12.1. The monoisotopic (exact) mass is 667 g/mol. The SMILES string of the molecule is c1ccc(-c2ccc(-c3nc(-c4ccc(-c5cccc(-c6ccc7c(c6)ncc6ccccc67)c5)cc4)nc4c3sc3ccccc34)cc2)cc1. The fourth-order valence-electron chi connectivity index (χ4n) is 7.10. The predicted octanol–water partition coefficient (Wildman–Crippen LogP) is 12.9. The molecule has 3 heterocycles. The molecule has 0 saturated carbocycles. The Labute approximate surface area is 299 Å². The number of aromatic nitrogens is 3. The fraction of sp³-hybridized carbons (Fsp3) is 0. The summed E-state index contributed by atoms with van der Waals surface area (Å²) in [7, 11) is 0. The minimum absolute atomic E-state index is 0.727. The van der Waals surface area contributed by atoms with Crippen LogP contribution in [-0.4, -0.2) is 15.0 Å². The van der Waals surface area contributed by atoms with Gasteiger partial charge in [-0.05, 0) is 57.0 Å². The van der Waals surface area contributed by atoms with Gasteiger partial charge in [-0.2, -0.15) is 0 Å². The highest BCUT2D eigenvalue weighted by molar-refractivity contribution is 7.26. The lowest BCUT2D eigenvalue weighted by atomic mass is 9.97. The number of benzene rings is 7. The van der Waals surface area contributed by atoms with Crippen LogP contribution in [0.4, 0.5) is 0 Å². The van der Waals surface area contributed by atoms with Crippen molar-refractivity contribution in [2.45, 2.75) is 0 Å². The number of rotatable bonds is 5. The van der Waals surface area contributed by atoms with Gasteiger partial charge in [-0.25, -0.2) is 9.97 Å². The Hall–Kier alpha value is -6.49. The first kappa shape index (κ1) is 29.4. The lowest BCUT2D eigenvalue weighted by Crippen LogP contribution is -1.94. The Kier molecular flexibility index (Phi) is 7.00. The van der Waals surface area contributed by atoms with Crippen molar-refractivity contribution in [1.29, 1.82) is 0 Å². The zero-order chi connectivity index (χ0) is 33.7. The Morgan fingerprint density at radius 2 is 0.980 bits per heavy atom. The second-order valence-corrected chi connectivity index (χ2v) is 13.9. The molecular weight excluding hydrogens is 639 g/mol. The third kappa shape index (κ3) is 5.25. The van der Waals surface area contributed by atoms with Gasteiger partial charge in [0.1, 0.15) is 0 Å². The molecule has 0 aliphatic heterocycles. The van der Waals surface area contributed by atoms with Crippen LogP contribution in [-0.2, 0) is 0 Å². The Bertz CT molecular complexity index is 2890. The Balaban J connectivity index is 1.01. The van der Waals surface area contributed by atoms with Gasteiger partial charge in [0.25, 0.3) is 0 Å². The van der Waals surface area contributed by atoms with Crippen molar-refractivity contribution >= 4 is 53.3 Å². The van der Waals surface area contributed by atoms with Crippen LogP contribution in [0.2, 0.25) is 0 Å². The van der Waals surface area contributed by atoms with Crippen LogP contribution in [0.5, 0.6) is 0 Å². The van der Waals surface area contributed by atoms with Crippen molar-refractivity contribution in [3.8, 4) is 56.0 Å². The Morgan fingerprint density at radius 1 is 0.392 bits per heavy atom. The third-order valence-corrected chi connectivity index (χ3v) is 10.9. The van der Waals surface area contributed by atoms with Crippen LogP contribution < -0.4 is 0 Å². The van der Waals surface area contributed by atoms with Gasteiger partial charge >= 0.3 is 0 Å². The quantitative estimate of drug-likeness (QED) is 0.171. The van der Waals surface area contributed by atoms with Crippen molar-refractivity contribution in [2.75, 3.05) is 0 Å². The number of hydrogen-bond acceptors (Lipinski definition) is 4. The van der Waals surface area contributed by atoms with E-state index >= 15 is 0 Å². The summed E-state index contributed by atoms with van der Waals surface area (Å²) >= 11 is 1.76. The summed E-state index contributed by atoms with van der Waals surface area (Å²) in [6.07, 6.45) is 1.96. The molecule has 0 atom stereocenters. The number of hydrogen-bond donors (Lipinski definition) is 0. The van der Waals surface area contributed by atoms with Gasteiger partial charge < -0.3 is 0 Å². The van der Waals surface area contributed by atoms with Gasteiger partial charge in [0.15, 0.2) is 5.82 Å². The third-order valence-electron chi connectivity index (χ3n) is 9.75. The molecule has 0 N–H and O–H groups in total. The second-order valence-electron chi connectivity index (χ2n) is 12.9. The van der Waals surface area contributed by atoms with Crippen molar-refractivity contribution in [2.24, 2.45) is 0 Å². The molecule has 7 aromatic carbocycles. The summed E-state index contributed by atoms with van der Waals surface area (Å²) in [4.78, 5) is 15.2. The molecule has 10 aromatic rings. The van der Waals surface area contributed by atoms with E-state index in [1.54, 1.807) is 11.3 Å². The van der Waals surface area contributed by atoms with Crippen LogP contribution >= 0.6 is 11.3 Å². The first-order chi connectivity index (χ1) is 25.2. The van der Waals surface area contributed by atoms with Crippen molar-refractivity contribution in [1.82, 2.24) is 15.0 Å². The molecule has 3 nitrogen and oxygen atoms in total. The molecule has 51 heavy (non-hydrogen) atoms. The zero-order valence-electron chi connectivity index (χ0n) is 27.5. The number of thiophene rings is 1.